The van der Waals surface area contributed by atoms with Gasteiger partial charge in [0.25, 0.3) is 0 Å². The molecule has 23 heavy (non-hydrogen) atoms. The molecule has 2 atom stereocenters. The van der Waals surface area contributed by atoms with Crippen LogP contribution in [0.15, 0.2) is 24.3 Å². The molecule has 0 amide bonds. The Balaban J connectivity index is 2.12. The molecule has 1 saturated heterocycles. The van der Waals surface area contributed by atoms with Crippen molar-refractivity contribution in [2.75, 3.05) is 0 Å². The fraction of sp³-hybridized carbons (Fsp3) is 0.438. The second-order valence-electron chi connectivity index (χ2n) is 5.95. The SMILES string of the molecule is N#Cc1ccc(C(F)(F)F)cc1C1=CC2CCCC(C1)S2(=O)=O. The van der Waals surface area contributed by atoms with Crippen molar-refractivity contribution < 1.29 is 21.6 Å². The van der Waals surface area contributed by atoms with E-state index in [-0.39, 0.29) is 17.5 Å². The third kappa shape index (κ3) is 2.76. The van der Waals surface area contributed by atoms with E-state index < -0.39 is 32.1 Å². The lowest BCUT2D eigenvalue weighted by molar-refractivity contribution is -0.137. The highest BCUT2D eigenvalue weighted by Crippen LogP contribution is 2.41. The summed E-state index contributed by atoms with van der Waals surface area (Å²) in [5.41, 5.74) is 0.0545. The lowest BCUT2D eigenvalue weighted by Crippen LogP contribution is -2.38. The number of nitriles is 1. The van der Waals surface area contributed by atoms with Gasteiger partial charge in [0.2, 0.25) is 0 Å². The number of hydrogen-bond acceptors (Lipinski definition) is 3. The summed E-state index contributed by atoms with van der Waals surface area (Å²) in [6, 6.07) is 4.89. The van der Waals surface area contributed by atoms with Crippen LogP contribution in [0, 0.1) is 11.3 Å². The lowest BCUT2D eigenvalue weighted by atomic mass is 9.90. The third-order valence-corrected chi connectivity index (χ3v) is 7.10. The van der Waals surface area contributed by atoms with Gasteiger partial charge in [0.05, 0.1) is 27.7 Å². The molecule has 2 bridgehead atoms. The number of nitrogens with zero attached hydrogens (tertiary/aromatic N) is 1. The molecule has 0 saturated carbocycles. The summed E-state index contributed by atoms with van der Waals surface area (Å²) in [6.07, 6.45) is -0.970. The molecular weight excluding hydrogens is 327 g/mol. The number of sulfone groups is 1. The summed E-state index contributed by atoms with van der Waals surface area (Å²) in [7, 11) is -3.25. The fourth-order valence-corrected chi connectivity index (χ4v) is 5.59. The minimum atomic E-state index is -4.50. The molecule has 2 unspecified atom stereocenters. The van der Waals surface area contributed by atoms with Crippen molar-refractivity contribution in [1.82, 2.24) is 0 Å². The first-order valence-electron chi connectivity index (χ1n) is 7.28. The van der Waals surface area contributed by atoms with Gasteiger partial charge in [-0.05, 0) is 48.6 Å². The van der Waals surface area contributed by atoms with Crippen molar-refractivity contribution in [1.29, 1.82) is 5.26 Å². The molecule has 0 radical (unpaired) electrons. The molecule has 2 heterocycles. The van der Waals surface area contributed by atoms with E-state index in [0.717, 1.165) is 24.6 Å². The van der Waals surface area contributed by atoms with Gasteiger partial charge >= 0.3 is 6.18 Å². The van der Waals surface area contributed by atoms with Gasteiger partial charge < -0.3 is 0 Å². The second kappa shape index (κ2) is 5.38. The number of alkyl halides is 3. The topological polar surface area (TPSA) is 57.9 Å². The molecule has 1 aromatic rings. The number of rotatable bonds is 1. The molecule has 7 heteroatoms. The van der Waals surface area contributed by atoms with Gasteiger partial charge in [-0.2, -0.15) is 18.4 Å². The smallest absolute Gasteiger partial charge is 0.228 e. The van der Waals surface area contributed by atoms with Crippen LogP contribution in [0.3, 0.4) is 0 Å². The molecule has 2 aliphatic rings. The van der Waals surface area contributed by atoms with E-state index in [1.165, 1.54) is 0 Å². The van der Waals surface area contributed by atoms with E-state index in [2.05, 4.69) is 0 Å². The average molecular weight is 341 g/mol. The Kier molecular flexibility index (Phi) is 3.75. The van der Waals surface area contributed by atoms with Crippen molar-refractivity contribution >= 4 is 15.4 Å². The van der Waals surface area contributed by atoms with Gasteiger partial charge in [0, 0.05) is 0 Å². The van der Waals surface area contributed by atoms with Gasteiger partial charge in [-0.15, -0.1) is 0 Å². The summed E-state index contributed by atoms with van der Waals surface area (Å²) < 4.78 is 63.3. The zero-order valence-electron chi connectivity index (χ0n) is 12.1. The first-order chi connectivity index (χ1) is 10.7. The number of fused-ring (bicyclic) bond motifs is 2. The maximum Gasteiger partial charge on any atom is 0.416 e. The first kappa shape index (κ1) is 16.1. The molecule has 1 aromatic carbocycles. The predicted octanol–water partition coefficient (Wildman–Crippen LogP) is 3.70. The van der Waals surface area contributed by atoms with E-state index >= 15 is 0 Å². The van der Waals surface area contributed by atoms with Crippen LogP contribution in [0.2, 0.25) is 0 Å². The minimum absolute atomic E-state index is 0.140. The average Bonchev–Trinajstić information content (AvgIpc) is 2.44. The third-order valence-electron chi connectivity index (χ3n) is 4.55. The second-order valence-corrected chi connectivity index (χ2v) is 8.40. The van der Waals surface area contributed by atoms with Crippen LogP contribution in [-0.2, 0) is 16.0 Å². The minimum Gasteiger partial charge on any atom is -0.228 e. The molecule has 1 fully saturated rings. The van der Waals surface area contributed by atoms with E-state index in [1.807, 2.05) is 6.07 Å². The van der Waals surface area contributed by atoms with Gasteiger partial charge in [0.1, 0.15) is 0 Å². The van der Waals surface area contributed by atoms with E-state index in [4.69, 9.17) is 0 Å². The van der Waals surface area contributed by atoms with Gasteiger partial charge in [-0.1, -0.05) is 12.5 Å². The number of allylic oxidation sites excluding steroid dienone is 1. The van der Waals surface area contributed by atoms with Crippen LogP contribution >= 0.6 is 0 Å². The number of hydrogen-bond donors (Lipinski definition) is 0. The van der Waals surface area contributed by atoms with E-state index in [0.29, 0.717) is 18.4 Å². The summed E-state index contributed by atoms with van der Waals surface area (Å²) in [5, 5.41) is 7.97. The van der Waals surface area contributed by atoms with Crippen molar-refractivity contribution in [3.05, 3.63) is 41.0 Å². The number of benzene rings is 1. The van der Waals surface area contributed by atoms with Crippen LogP contribution < -0.4 is 0 Å². The van der Waals surface area contributed by atoms with Crippen molar-refractivity contribution in [3.8, 4) is 6.07 Å². The van der Waals surface area contributed by atoms with Crippen LogP contribution in [0.1, 0.15) is 42.4 Å². The largest absolute Gasteiger partial charge is 0.416 e. The Labute approximate surface area is 132 Å². The summed E-state index contributed by atoms with van der Waals surface area (Å²) in [6.45, 7) is 0. The molecule has 0 N–H and O–H groups in total. The van der Waals surface area contributed by atoms with Crippen LogP contribution in [-0.4, -0.2) is 18.9 Å². The molecule has 122 valence electrons. The van der Waals surface area contributed by atoms with Crippen molar-refractivity contribution in [3.63, 3.8) is 0 Å². The highest BCUT2D eigenvalue weighted by molar-refractivity contribution is 7.93. The summed E-state index contributed by atoms with van der Waals surface area (Å²) >= 11 is 0. The fourth-order valence-electron chi connectivity index (χ4n) is 3.34. The van der Waals surface area contributed by atoms with E-state index in [9.17, 15) is 26.9 Å². The molecule has 0 aromatic heterocycles. The van der Waals surface area contributed by atoms with E-state index in [1.54, 1.807) is 6.08 Å². The Hall–Kier alpha value is -1.81. The molecule has 3 rings (SSSR count). The first-order valence-corrected chi connectivity index (χ1v) is 8.89. The van der Waals surface area contributed by atoms with Crippen molar-refractivity contribution in [2.45, 2.75) is 42.4 Å². The molecule has 0 aliphatic carbocycles. The van der Waals surface area contributed by atoms with Crippen LogP contribution in [0.4, 0.5) is 13.2 Å². The molecular formula is C16H14F3NO2S. The standard InChI is InChI=1S/C16H14F3NO2S/c17-16(18,19)12-5-4-10(9-20)15(8-12)11-6-13-2-1-3-14(7-11)23(13,21)22/h4-6,8,13-14H,1-3,7H2. The van der Waals surface area contributed by atoms with Gasteiger partial charge in [0.15, 0.2) is 9.84 Å². The molecule has 3 nitrogen and oxygen atoms in total. The quantitative estimate of drug-likeness (QED) is 0.782. The highest BCUT2D eigenvalue weighted by Gasteiger charge is 2.41. The summed E-state index contributed by atoms with van der Waals surface area (Å²) in [5.74, 6) is 0. The maximum absolute atomic E-state index is 12.9. The Morgan fingerprint density at radius 3 is 2.57 bits per heavy atom. The predicted molar refractivity (Wildman–Crippen MR) is 79.1 cm³/mol. The Bertz CT molecular complexity index is 819. The molecule has 2 aliphatic heterocycles. The lowest BCUT2D eigenvalue weighted by Gasteiger charge is -2.33. The zero-order valence-corrected chi connectivity index (χ0v) is 12.9. The van der Waals surface area contributed by atoms with Gasteiger partial charge in [-0.25, -0.2) is 8.42 Å². The zero-order chi connectivity index (χ0) is 16.8. The maximum atomic E-state index is 12.9. The summed E-state index contributed by atoms with van der Waals surface area (Å²) in [4.78, 5) is 0. The monoisotopic (exact) mass is 341 g/mol. The number of halogens is 3. The highest BCUT2D eigenvalue weighted by atomic mass is 32.2. The van der Waals surface area contributed by atoms with Gasteiger partial charge in [-0.3, -0.25) is 0 Å². The normalized spacial score (nSPS) is 26.3. The Morgan fingerprint density at radius 1 is 1.22 bits per heavy atom. The van der Waals surface area contributed by atoms with Crippen LogP contribution in [0.5, 0.6) is 0 Å². The van der Waals surface area contributed by atoms with Crippen molar-refractivity contribution in [2.24, 2.45) is 0 Å². The van der Waals surface area contributed by atoms with Crippen LogP contribution in [0.25, 0.3) is 5.57 Å². The Morgan fingerprint density at radius 2 is 1.96 bits per heavy atom. The molecule has 0 spiro atoms.